The molecule has 31 heavy (non-hydrogen) atoms. The van der Waals surface area contributed by atoms with Gasteiger partial charge in [0.2, 0.25) is 6.41 Å². The molecule has 10 heteroatoms. The number of nitrogens with one attached hydrogen (secondary N) is 1. The van der Waals surface area contributed by atoms with Crippen molar-refractivity contribution < 1.29 is 9.63 Å². The van der Waals surface area contributed by atoms with E-state index in [2.05, 4.69) is 35.6 Å². The van der Waals surface area contributed by atoms with Crippen LogP contribution < -0.4 is 5.32 Å². The molecule has 0 aliphatic carbocycles. The molecule has 8 nitrogen and oxygen atoms in total. The van der Waals surface area contributed by atoms with Crippen LogP contribution in [0, 0.1) is 20.8 Å². The smallest absolute Gasteiger partial charge is 0.209 e. The molecule has 3 aromatic rings. The molecule has 0 saturated carbocycles. The van der Waals surface area contributed by atoms with Crippen molar-refractivity contribution in [2.45, 2.75) is 33.6 Å². The minimum atomic E-state index is 0.770. The van der Waals surface area contributed by atoms with Crippen LogP contribution in [0.3, 0.4) is 0 Å². The number of aryl methyl sites for hydroxylation is 3. The van der Waals surface area contributed by atoms with Crippen LogP contribution in [-0.4, -0.2) is 52.2 Å². The number of hydrogen-bond acceptors (Lipinski definition) is 9. The van der Waals surface area contributed by atoms with Gasteiger partial charge in [-0.3, -0.25) is 4.79 Å². The molecule has 1 amide bonds. The molecular formula is C21H26N6O2S2. The molecule has 0 radical (unpaired) electrons. The predicted molar refractivity (Wildman–Crippen MR) is 126 cm³/mol. The molecule has 0 bridgehead atoms. The van der Waals surface area contributed by atoms with Crippen molar-refractivity contribution in [2.24, 2.45) is 5.16 Å². The van der Waals surface area contributed by atoms with E-state index in [0.717, 1.165) is 75.8 Å². The van der Waals surface area contributed by atoms with E-state index in [9.17, 15) is 4.79 Å². The number of hydrogen-bond donors (Lipinski definition) is 1. The van der Waals surface area contributed by atoms with Gasteiger partial charge in [-0.05, 0) is 32.4 Å². The molecule has 4 heterocycles. The zero-order chi connectivity index (χ0) is 22.2. The quantitative estimate of drug-likeness (QED) is 0.445. The van der Waals surface area contributed by atoms with Gasteiger partial charge in [0.1, 0.15) is 12.9 Å². The number of carbonyl (C=O) groups is 1. The Morgan fingerprint density at radius 3 is 2.55 bits per heavy atom. The van der Waals surface area contributed by atoms with Gasteiger partial charge in [-0.1, -0.05) is 11.2 Å². The van der Waals surface area contributed by atoms with Crippen LogP contribution in [0.15, 0.2) is 28.9 Å². The lowest BCUT2D eigenvalue weighted by Gasteiger charge is -2.22. The molecule has 1 aliphatic rings. The Morgan fingerprint density at radius 2 is 1.97 bits per heavy atom. The largest absolute Gasteiger partial charge is 0.399 e. The summed E-state index contributed by atoms with van der Waals surface area (Å²) in [4.78, 5) is 31.2. The molecule has 4 rings (SSSR count). The minimum absolute atomic E-state index is 0.770. The molecule has 0 unspecified atom stereocenters. The van der Waals surface area contributed by atoms with Crippen molar-refractivity contribution in [1.29, 1.82) is 0 Å². The summed E-state index contributed by atoms with van der Waals surface area (Å²) in [5.41, 5.74) is 4.21. The lowest BCUT2D eigenvalue weighted by atomic mass is 10.1. The molecule has 1 fully saturated rings. The predicted octanol–water partition coefficient (Wildman–Crippen LogP) is 4.57. The minimum Gasteiger partial charge on any atom is -0.399 e. The number of likely N-dealkylation sites (tertiary alicyclic amines) is 1. The number of oxime groups is 1. The van der Waals surface area contributed by atoms with E-state index in [1.54, 1.807) is 34.7 Å². The lowest BCUT2D eigenvalue weighted by Crippen LogP contribution is -2.32. The molecule has 0 atom stereocenters. The SMILES string of the molecule is CON=C1CCN(C=O)CC1.Cc1ccc(Nc2nc(-c3sc(C)nc3C)cs2)nc1. The van der Waals surface area contributed by atoms with E-state index >= 15 is 0 Å². The van der Waals surface area contributed by atoms with Gasteiger partial charge in [-0.25, -0.2) is 15.0 Å². The topological polar surface area (TPSA) is 92.6 Å². The van der Waals surface area contributed by atoms with Crippen molar-refractivity contribution in [3.63, 3.8) is 0 Å². The third kappa shape index (κ3) is 6.56. The summed E-state index contributed by atoms with van der Waals surface area (Å²) >= 11 is 3.26. The first-order chi connectivity index (χ1) is 15.0. The summed E-state index contributed by atoms with van der Waals surface area (Å²) in [7, 11) is 1.54. The summed E-state index contributed by atoms with van der Waals surface area (Å²) in [6.45, 7) is 7.60. The zero-order valence-corrected chi connectivity index (χ0v) is 19.7. The van der Waals surface area contributed by atoms with Crippen LogP contribution >= 0.6 is 22.7 Å². The van der Waals surface area contributed by atoms with Crippen LogP contribution in [-0.2, 0) is 9.63 Å². The first-order valence-corrected chi connectivity index (χ1v) is 11.6. The second-order valence-electron chi connectivity index (χ2n) is 7.01. The maximum atomic E-state index is 10.3. The van der Waals surface area contributed by atoms with Gasteiger partial charge in [0.25, 0.3) is 0 Å². The van der Waals surface area contributed by atoms with Crippen LogP contribution in [0.25, 0.3) is 10.6 Å². The number of nitrogens with zero attached hydrogens (tertiary/aromatic N) is 5. The second kappa shape index (κ2) is 11.0. The Kier molecular flexibility index (Phi) is 8.07. The number of rotatable bonds is 5. The van der Waals surface area contributed by atoms with E-state index in [4.69, 9.17) is 0 Å². The fraction of sp³-hybridized carbons (Fsp3) is 0.381. The van der Waals surface area contributed by atoms with Crippen LogP contribution in [0.2, 0.25) is 0 Å². The third-order valence-electron chi connectivity index (χ3n) is 4.53. The van der Waals surface area contributed by atoms with Gasteiger partial charge in [0.15, 0.2) is 5.13 Å². The summed E-state index contributed by atoms with van der Waals surface area (Å²) in [6.07, 6.45) is 4.40. The van der Waals surface area contributed by atoms with Crippen molar-refractivity contribution >= 4 is 45.7 Å². The van der Waals surface area contributed by atoms with Crippen molar-refractivity contribution in [3.8, 4) is 10.6 Å². The normalized spacial score (nSPS) is 13.3. The monoisotopic (exact) mass is 458 g/mol. The standard InChI is InChI=1S/C14H14N4S2.C7H12N2O2/c1-8-4-5-12(15-6-8)18-14-17-11(7-19-14)13-9(2)16-10(3)20-13;1-11-8-7-2-4-9(6-10)5-3-7/h4-7H,1-3H3,(H,15,17,18);6H,2-5H2,1H3. The highest BCUT2D eigenvalue weighted by atomic mass is 32.1. The van der Waals surface area contributed by atoms with Crippen molar-refractivity contribution in [2.75, 3.05) is 25.5 Å². The van der Waals surface area contributed by atoms with E-state index in [0.29, 0.717) is 0 Å². The molecule has 0 aromatic carbocycles. The highest BCUT2D eigenvalue weighted by molar-refractivity contribution is 7.16. The average Bonchev–Trinajstić information content (AvgIpc) is 3.36. The van der Waals surface area contributed by atoms with Crippen molar-refractivity contribution in [3.05, 3.63) is 40.0 Å². The van der Waals surface area contributed by atoms with Gasteiger partial charge in [0, 0.05) is 37.5 Å². The third-order valence-corrected chi connectivity index (χ3v) is 6.38. The lowest BCUT2D eigenvalue weighted by molar-refractivity contribution is -0.118. The van der Waals surface area contributed by atoms with Crippen LogP contribution in [0.5, 0.6) is 0 Å². The summed E-state index contributed by atoms with van der Waals surface area (Å²) < 4.78 is 0. The number of pyridine rings is 1. The van der Waals surface area contributed by atoms with E-state index in [-0.39, 0.29) is 0 Å². The molecule has 3 aromatic heterocycles. The highest BCUT2D eigenvalue weighted by Crippen LogP contribution is 2.32. The fourth-order valence-corrected chi connectivity index (χ4v) is 4.63. The molecule has 1 aliphatic heterocycles. The number of amides is 1. The Labute approximate surface area is 190 Å². The van der Waals surface area contributed by atoms with Crippen LogP contribution in [0.4, 0.5) is 10.9 Å². The van der Waals surface area contributed by atoms with Gasteiger partial charge in [-0.2, -0.15) is 0 Å². The first-order valence-electron chi connectivity index (χ1n) is 9.86. The number of carbonyl (C=O) groups excluding carboxylic acids is 1. The number of anilines is 2. The molecule has 0 spiro atoms. The first kappa shape index (κ1) is 22.8. The van der Waals surface area contributed by atoms with E-state index < -0.39 is 0 Å². The summed E-state index contributed by atoms with van der Waals surface area (Å²) in [6, 6.07) is 3.99. The maximum absolute atomic E-state index is 10.3. The fourth-order valence-electron chi connectivity index (χ4n) is 2.96. The van der Waals surface area contributed by atoms with Crippen LogP contribution in [0.1, 0.15) is 29.1 Å². The molecule has 1 saturated heterocycles. The Hall–Kier alpha value is -2.85. The molecule has 164 valence electrons. The summed E-state index contributed by atoms with van der Waals surface area (Å²) in [5, 5.41) is 11.0. The number of piperidine rings is 1. The number of thiazole rings is 2. The summed E-state index contributed by atoms with van der Waals surface area (Å²) in [5.74, 6) is 0.814. The average molecular weight is 459 g/mol. The van der Waals surface area contributed by atoms with Crippen molar-refractivity contribution in [1.82, 2.24) is 19.9 Å². The molecule has 1 N–H and O–H groups in total. The Bertz CT molecular complexity index is 1020. The second-order valence-corrected chi connectivity index (χ2v) is 9.07. The van der Waals surface area contributed by atoms with Gasteiger partial charge in [-0.15, -0.1) is 22.7 Å². The molecular weight excluding hydrogens is 432 g/mol. The highest BCUT2D eigenvalue weighted by Gasteiger charge is 2.13. The van der Waals surface area contributed by atoms with Gasteiger partial charge in [0.05, 0.1) is 27.0 Å². The van der Waals surface area contributed by atoms with Gasteiger partial charge >= 0.3 is 0 Å². The maximum Gasteiger partial charge on any atom is 0.209 e. The van der Waals surface area contributed by atoms with E-state index in [1.165, 1.54) is 0 Å². The zero-order valence-electron chi connectivity index (χ0n) is 18.1. The van der Waals surface area contributed by atoms with E-state index in [1.807, 2.05) is 39.1 Å². The number of aromatic nitrogens is 3. The Balaban J connectivity index is 0.000000210. The van der Waals surface area contributed by atoms with Gasteiger partial charge < -0.3 is 15.1 Å². The Morgan fingerprint density at radius 1 is 1.19 bits per heavy atom.